The van der Waals surface area contributed by atoms with Crippen molar-refractivity contribution in [3.63, 3.8) is 0 Å². The van der Waals surface area contributed by atoms with Gasteiger partial charge in [0.25, 0.3) is 0 Å². The Bertz CT molecular complexity index is 1120. The summed E-state index contributed by atoms with van der Waals surface area (Å²) in [7, 11) is 0. The fraction of sp³-hybridized carbons (Fsp3) is 0.464. The van der Waals surface area contributed by atoms with Crippen molar-refractivity contribution in [2.45, 2.75) is 59.3 Å². The number of hydrogen-bond donors (Lipinski definition) is 0. The van der Waals surface area contributed by atoms with Gasteiger partial charge in [0, 0.05) is 5.56 Å². The maximum atomic E-state index is 14.5. The first-order chi connectivity index (χ1) is 16.7. The topological polar surface area (TPSA) is 42.2 Å². The average Bonchev–Trinajstić information content (AvgIpc) is 2.82. The first kappa shape index (κ1) is 26.6. The van der Waals surface area contributed by atoms with Crippen molar-refractivity contribution in [3.8, 4) is 17.6 Å². The van der Waals surface area contributed by atoms with Crippen molar-refractivity contribution < 1.29 is 27.0 Å². The van der Waals surface area contributed by atoms with Crippen LogP contribution in [0, 0.1) is 40.6 Å². The molecule has 0 aliphatic carbocycles. The summed E-state index contributed by atoms with van der Waals surface area (Å²) in [5, 5.41) is 8.86. The minimum Gasteiger partial charge on any atom is -0.493 e. The molecule has 3 nitrogen and oxygen atoms in total. The molecule has 2 unspecified atom stereocenters. The number of unbranched alkanes of at least 4 members (excludes halogenated alkanes) is 1. The molecule has 4 rings (SSSR count). The first-order valence-corrected chi connectivity index (χ1v) is 12.0. The lowest BCUT2D eigenvalue weighted by Gasteiger charge is -2.26. The van der Waals surface area contributed by atoms with E-state index in [-0.39, 0.29) is 29.9 Å². The van der Waals surface area contributed by atoms with E-state index in [0.29, 0.717) is 42.9 Å². The molecule has 0 fully saturated rings. The highest BCUT2D eigenvalue weighted by atomic mass is 19.1. The summed E-state index contributed by atoms with van der Waals surface area (Å²) in [6, 6.07) is 6.01. The summed E-state index contributed by atoms with van der Waals surface area (Å²) in [5.41, 5.74) is 1.27. The third-order valence-electron chi connectivity index (χ3n) is 6.19. The second-order valence-corrected chi connectivity index (χ2v) is 9.32. The van der Waals surface area contributed by atoms with Crippen molar-refractivity contribution in [3.05, 3.63) is 69.8 Å². The number of nitriles is 1. The molecule has 0 saturated heterocycles. The van der Waals surface area contributed by atoms with E-state index in [1.807, 2.05) is 6.92 Å². The summed E-state index contributed by atoms with van der Waals surface area (Å²) in [5.74, 6) is -1.05. The molecule has 35 heavy (non-hydrogen) atoms. The lowest BCUT2D eigenvalue weighted by molar-refractivity contribution is 0.203. The van der Waals surface area contributed by atoms with Gasteiger partial charge in [-0.25, -0.2) is 17.6 Å². The van der Waals surface area contributed by atoms with E-state index < -0.39 is 17.2 Å². The monoisotopic (exact) mass is 489 g/mol. The maximum Gasteiger partial charge on any atom is 0.186 e. The highest BCUT2D eigenvalue weighted by molar-refractivity contribution is 5.46. The Hall–Kier alpha value is -3.01. The molecular formula is C28H31F4NO2. The third-order valence-corrected chi connectivity index (χ3v) is 6.19. The van der Waals surface area contributed by atoms with Crippen LogP contribution in [-0.4, -0.2) is 13.2 Å². The molecule has 7 heteroatoms. The number of hydrogen-bond acceptors (Lipinski definition) is 3. The molecule has 0 spiro atoms. The molecule has 0 amide bonds. The summed E-state index contributed by atoms with van der Waals surface area (Å²) < 4.78 is 65.5. The van der Waals surface area contributed by atoms with Crippen molar-refractivity contribution >= 4 is 0 Å². The van der Waals surface area contributed by atoms with Crippen molar-refractivity contribution in [1.82, 2.24) is 0 Å². The van der Waals surface area contributed by atoms with Crippen LogP contribution < -0.4 is 9.47 Å². The standard InChI is InChI=1S/C22H20F3NO2.C6H11F/c1-12-4-15-6-18(23)14(8-20(15)27-10-12)3-2-13-5-16-7-19(24)17(9-26)21(25)22(16)28-11-13;1-3-4-5-6(2)7/h6-8,12-13H,2-5,10-11H2,1H3;5H,3-4H2,1-2H3/b;6-5+. The lowest BCUT2D eigenvalue weighted by atomic mass is 9.89. The summed E-state index contributed by atoms with van der Waals surface area (Å²) >= 11 is 0. The van der Waals surface area contributed by atoms with Crippen LogP contribution in [0.3, 0.4) is 0 Å². The van der Waals surface area contributed by atoms with Gasteiger partial charge in [-0.2, -0.15) is 5.26 Å². The molecule has 2 aliphatic heterocycles. The van der Waals surface area contributed by atoms with Gasteiger partial charge in [-0.3, -0.25) is 0 Å². The van der Waals surface area contributed by atoms with Gasteiger partial charge in [0.2, 0.25) is 0 Å². The minimum atomic E-state index is -0.942. The predicted octanol–water partition coefficient (Wildman–Crippen LogP) is 7.39. The number of aryl methyl sites for hydroxylation is 1. The molecule has 2 aliphatic rings. The largest absolute Gasteiger partial charge is 0.493 e. The van der Waals surface area contributed by atoms with Crippen molar-refractivity contribution in [1.29, 1.82) is 5.26 Å². The Labute approximate surface area is 204 Å². The van der Waals surface area contributed by atoms with E-state index in [2.05, 4.69) is 6.92 Å². The number of halogens is 4. The maximum absolute atomic E-state index is 14.5. The smallest absolute Gasteiger partial charge is 0.186 e. The second kappa shape index (κ2) is 12.1. The van der Waals surface area contributed by atoms with Crippen LogP contribution in [0.4, 0.5) is 17.6 Å². The molecule has 2 aromatic rings. The fourth-order valence-electron chi connectivity index (χ4n) is 4.31. The highest BCUT2D eigenvalue weighted by Crippen LogP contribution is 2.35. The van der Waals surface area contributed by atoms with Gasteiger partial charge in [0.15, 0.2) is 11.6 Å². The SMILES string of the molecule is CC1COc2cc(CCC3COc4c(cc(F)c(C#N)c4F)C3)c(F)cc2C1.CCC/C=C(\C)F. The van der Waals surface area contributed by atoms with E-state index in [9.17, 15) is 17.6 Å². The van der Waals surface area contributed by atoms with Crippen LogP contribution in [0.2, 0.25) is 0 Å². The zero-order valence-corrected chi connectivity index (χ0v) is 20.4. The Kier molecular flexibility index (Phi) is 9.20. The zero-order chi connectivity index (χ0) is 25.5. The van der Waals surface area contributed by atoms with Gasteiger partial charge in [0.1, 0.15) is 29.0 Å². The molecule has 188 valence electrons. The van der Waals surface area contributed by atoms with Gasteiger partial charge in [0.05, 0.1) is 19.0 Å². The van der Waals surface area contributed by atoms with Crippen LogP contribution in [-0.2, 0) is 19.3 Å². The zero-order valence-electron chi connectivity index (χ0n) is 20.4. The van der Waals surface area contributed by atoms with Crippen molar-refractivity contribution in [2.75, 3.05) is 13.2 Å². The normalized spacial score (nSPS) is 18.7. The van der Waals surface area contributed by atoms with Crippen LogP contribution in [0.5, 0.6) is 11.5 Å². The molecular weight excluding hydrogens is 458 g/mol. The summed E-state index contributed by atoms with van der Waals surface area (Å²) in [6.45, 7) is 6.45. The predicted molar refractivity (Wildman–Crippen MR) is 127 cm³/mol. The number of nitrogens with zero attached hydrogens (tertiary/aromatic N) is 1. The minimum absolute atomic E-state index is 0.00982. The number of fused-ring (bicyclic) bond motifs is 2. The molecule has 2 aromatic carbocycles. The first-order valence-electron chi connectivity index (χ1n) is 12.0. The summed E-state index contributed by atoms with van der Waals surface area (Å²) in [4.78, 5) is 0. The van der Waals surface area contributed by atoms with Crippen LogP contribution in [0.1, 0.15) is 62.3 Å². The van der Waals surface area contributed by atoms with E-state index in [1.165, 1.54) is 13.0 Å². The third kappa shape index (κ3) is 6.78. The summed E-state index contributed by atoms with van der Waals surface area (Å²) in [6.07, 6.45) is 5.83. The number of benzene rings is 2. The average molecular weight is 490 g/mol. The number of allylic oxidation sites excluding steroid dienone is 2. The van der Waals surface area contributed by atoms with Crippen molar-refractivity contribution in [2.24, 2.45) is 11.8 Å². The van der Waals surface area contributed by atoms with Gasteiger partial charge >= 0.3 is 0 Å². The highest BCUT2D eigenvalue weighted by Gasteiger charge is 2.27. The Morgan fingerprint density at radius 3 is 2.49 bits per heavy atom. The quantitative estimate of drug-likeness (QED) is 0.411. The molecule has 0 radical (unpaired) electrons. The van der Waals surface area contributed by atoms with Gasteiger partial charge in [-0.15, -0.1) is 0 Å². The molecule has 0 bridgehead atoms. The number of rotatable bonds is 5. The Balaban J connectivity index is 0.000000429. The molecule has 2 heterocycles. The van der Waals surface area contributed by atoms with E-state index in [0.717, 1.165) is 36.6 Å². The van der Waals surface area contributed by atoms with Gasteiger partial charge < -0.3 is 9.47 Å². The van der Waals surface area contributed by atoms with E-state index in [4.69, 9.17) is 14.7 Å². The molecule has 0 saturated carbocycles. The fourth-order valence-corrected chi connectivity index (χ4v) is 4.31. The van der Waals surface area contributed by atoms with E-state index in [1.54, 1.807) is 18.2 Å². The molecule has 0 aromatic heterocycles. The van der Waals surface area contributed by atoms with Gasteiger partial charge in [-0.1, -0.05) is 26.3 Å². The Morgan fingerprint density at radius 1 is 1.09 bits per heavy atom. The molecule has 0 N–H and O–H groups in total. The van der Waals surface area contributed by atoms with Crippen LogP contribution in [0.15, 0.2) is 30.1 Å². The van der Waals surface area contributed by atoms with Gasteiger partial charge in [-0.05, 0) is 80.2 Å². The van der Waals surface area contributed by atoms with Crippen LogP contribution in [0.25, 0.3) is 0 Å². The van der Waals surface area contributed by atoms with Crippen LogP contribution >= 0.6 is 0 Å². The number of ether oxygens (including phenoxy) is 2. The van der Waals surface area contributed by atoms with E-state index >= 15 is 0 Å². The second-order valence-electron chi connectivity index (χ2n) is 9.32. The Morgan fingerprint density at radius 2 is 1.83 bits per heavy atom. The molecule has 2 atom stereocenters. The lowest BCUT2D eigenvalue weighted by Crippen LogP contribution is -2.23.